The van der Waals surface area contributed by atoms with Crippen molar-refractivity contribution in [3.8, 4) is 0 Å². The minimum Gasteiger partial charge on any atom is -0.419 e. The molecule has 22 heavy (non-hydrogen) atoms. The molecule has 1 atom stereocenters. The van der Waals surface area contributed by atoms with Gasteiger partial charge < -0.3 is 4.74 Å². The van der Waals surface area contributed by atoms with Gasteiger partial charge in [-0.2, -0.15) is 0 Å². The fourth-order valence-corrected chi connectivity index (χ4v) is 3.13. The number of hydroxylamine groups is 1. The van der Waals surface area contributed by atoms with Gasteiger partial charge in [0.1, 0.15) is 0 Å². The average molecular weight is 334 g/mol. The van der Waals surface area contributed by atoms with Crippen LogP contribution < -0.4 is 5.48 Å². The van der Waals surface area contributed by atoms with Crippen LogP contribution in [0.1, 0.15) is 21.5 Å². The van der Waals surface area contributed by atoms with Gasteiger partial charge in [-0.25, -0.2) is 9.63 Å². The summed E-state index contributed by atoms with van der Waals surface area (Å²) in [5, 5.41) is 1.02. The molecule has 0 saturated heterocycles. The van der Waals surface area contributed by atoms with Gasteiger partial charge in [0.15, 0.2) is 0 Å². The number of hydrogen-bond donors (Lipinski definition) is 1. The summed E-state index contributed by atoms with van der Waals surface area (Å²) in [5.74, 6) is -1.68. The van der Waals surface area contributed by atoms with E-state index >= 15 is 0 Å². The molecule has 0 amide bonds. The number of benzene rings is 2. The molecular weight excluding hydrogens is 325 g/mol. The van der Waals surface area contributed by atoms with Crippen molar-refractivity contribution in [1.29, 1.82) is 0 Å². The van der Waals surface area contributed by atoms with Gasteiger partial charge in [-0.15, -0.1) is 0 Å². The van der Waals surface area contributed by atoms with Crippen LogP contribution in [0.5, 0.6) is 0 Å². The molecule has 0 aliphatic carbocycles. The number of nitrogens with one attached hydrogen (secondary N) is 1. The summed E-state index contributed by atoms with van der Waals surface area (Å²) in [6.45, 7) is 0. The van der Waals surface area contributed by atoms with Crippen molar-refractivity contribution in [3.05, 3.63) is 75.3 Å². The third-order valence-electron chi connectivity index (χ3n) is 3.63. The number of esters is 1. The number of fused-ring (bicyclic) bond motifs is 2. The van der Waals surface area contributed by atoms with Crippen molar-refractivity contribution >= 4 is 34.9 Å². The van der Waals surface area contributed by atoms with Crippen LogP contribution in [0.25, 0.3) is 5.70 Å². The van der Waals surface area contributed by atoms with Crippen LogP contribution in [-0.2, 0) is 15.4 Å². The van der Waals surface area contributed by atoms with E-state index in [0.717, 1.165) is 0 Å². The second kappa shape index (κ2) is 4.74. The predicted octanol–water partition coefficient (Wildman–Crippen LogP) is 3.89. The van der Waals surface area contributed by atoms with Gasteiger partial charge in [-0.3, -0.25) is 5.48 Å². The highest BCUT2D eigenvalue weighted by atomic mass is 35.5. The highest BCUT2D eigenvalue weighted by Gasteiger charge is 2.49. The largest absolute Gasteiger partial charge is 0.419 e. The second-order valence-electron chi connectivity index (χ2n) is 4.99. The van der Waals surface area contributed by atoms with Gasteiger partial charge >= 0.3 is 5.97 Å². The van der Waals surface area contributed by atoms with E-state index in [9.17, 15) is 4.79 Å². The van der Waals surface area contributed by atoms with E-state index in [1.807, 2.05) is 6.07 Å². The van der Waals surface area contributed by atoms with E-state index in [1.54, 1.807) is 42.5 Å². The monoisotopic (exact) mass is 333 g/mol. The number of rotatable bonds is 1. The summed E-state index contributed by atoms with van der Waals surface area (Å²) in [7, 11) is 0. The Labute approximate surface area is 136 Å². The standard InChI is InChI=1S/C16H9Cl2NO3/c17-9-5-6-11(13(18)7-9)14-8-16(22-19-14)12-4-2-1-3-10(12)15(20)21-16/h1-8,19H. The molecule has 0 aromatic heterocycles. The Bertz CT molecular complexity index is 834. The number of ether oxygens (including phenoxy) is 1. The predicted molar refractivity (Wildman–Crippen MR) is 82.2 cm³/mol. The minimum absolute atomic E-state index is 0.419. The maximum atomic E-state index is 12.0. The lowest BCUT2D eigenvalue weighted by Crippen LogP contribution is -2.26. The maximum Gasteiger partial charge on any atom is 0.341 e. The third kappa shape index (κ3) is 1.92. The van der Waals surface area contributed by atoms with Crippen LogP contribution in [-0.4, -0.2) is 5.97 Å². The molecule has 1 unspecified atom stereocenters. The van der Waals surface area contributed by atoms with Gasteiger partial charge in [0.05, 0.1) is 16.3 Å². The molecule has 2 heterocycles. The Kier molecular flexibility index (Phi) is 2.94. The summed E-state index contributed by atoms with van der Waals surface area (Å²) in [6, 6.07) is 12.2. The van der Waals surface area contributed by atoms with E-state index in [0.29, 0.717) is 32.4 Å². The van der Waals surface area contributed by atoms with Crippen molar-refractivity contribution < 1.29 is 14.4 Å². The van der Waals surface area contributed by atoms with Crippen LogP contribution >= 0.6 is 23.2 Å². The van der Waals surface area contributed by atoms with E-state index < -0.39 is 11.8 Å². The first kappa shape index (κ1) is 13.6. The van der Waals surface area contributed by atoms with Crippen LogP contribution in [0.3, 0.4) is 0 Å². The lowest BCUT2D eigenvalue weighted by Gasteiger charge is -2.18. The lowest BCUT2D eigenvalue weighted by atomic mass is 10.0. The van der Waals surface area contributed by atoms with Crippen molar-refractivity contribution in [3.63, 3.8) is 0 Å². The molecule has 4 rings (SSSR count). The third-order valence-corrected chi connectivity index (χ3v) is 4.18. The van der Waals surface area contributed by atoms with Gasteiger partial charge in [0.2, 0.25) is 0 Å². The van der Waals surface area contributed by atoms with Crippen LogP contribution in [0.2, 0.25) is 10.0 Å². The van der Waals surface area contributed by atoms with Crippen LogP contribution in [0, 0.1) is 0 Å². The fraction of sp³-hybridized carbons (Fsp3) is 0.0625. The molecule has 2 aliphatic heterocycles. The zero-order valence-electron chi connectivity index (χ0n) is 11.1. The summed E-state index contributed by atoms with van der Waals surface area (Å²) in [4.78, 5) is 17.6. The number of halogens is 2. The molecule has 0 bridgehead atoms. The topological polar surface area (TPSA) is 47.6 Å². The molecule has 1 N–H and O–H groups in total. The lowest BCUT2D eigenvalue weighted by molar-refractivity contribution is -0.181. The first-order valence-electron chi connectivity index (χ1n) is 6.54. The Morgan fingerprint density at radius 3 is 2.68 bits per heavy atom. The normalized spacial score (nSPS) is 22.3. The Morgan fingerprint density at radius 2 is 1.86 bits per heavy atom. The molecule has 0 saturated carbocycles. The number of carbonyl (C=O) groups excluding carboxylic acids is 1. The number of hydrogen-bond acceptors (Lipinski definition) is 4. The zero-order chi connectivity index (χ0) is 15.3. The first-order valence-corrected chi connectivity index (χ1v) is 7.30. The summed E-state index contributed by atoms with van der Waals surface area (Å²) in [5.41, 5.74) is 5.26. The van der Waals surface area contributed by atoms with Gasteiger partial charge in [-0.1, -0.05) is 41.4 Å². The molecule has 4 nitrogen and oxygen atoms in total. The molecule has 0 radical (unpaired) electrons. The number of carbonyl (C=O) groups is 1. The minimum atomic E-state index is -1.26. The fourth-order valence-electron chi connectivity index (χ4n) is 2.62. The molecule has 2 aromatic rings. The van der Waals surface area contributed by atoms with E-state index in [4.69, 9.17) is 32.8 Å². The van der Waals surface area contributed by atoms with E-state index in [-0.39, 0.29) is 0 Å². The summed E-state index contributed by atoms with van der Waals surface area (Å²) in [6.07, 6.45) is 1.70. The Hall–Kier alpha value is -2.01. The van der Waals surface area contributed by atoms with Crippen molar-refractivity contribution in [2.24, 2.45) is 0 Å². The molecule has 2 aliphatic rings. The Morgan fingerprint density at radius 1 is 1.05 bits per heavy atom. The maximum absolute atomic E-state index is 12.0. The summed E-state index contributed by atoms with van der Waals surface area (Å²) >= 11 is 12.1. The van der Waals surface area contributed by atoms with Crippen molar-refractivity contribution in [2.45, 2.75) is 5.79 Å². The van der Waals surface area contributed by atoms with Crippen LogP contribution in [0.15, 0.2) is 48.5 Å². The highest BCUT2D eigenvalue weighted by Crippen LogP contribution is 2.43. The average Bonchev–Trinajstić information content (AvgIpc) is 3.03. The highest BCUT2D eigenvalue weighted by molar-refractivity contribution is 6.35. The van der Waals surface area contributed by atoms with Crippen LogP contribution in [0.4, 0.5) is 0 Å². The van der Waals surface area contributed by atoms with E-state index in [1.165, 1.54) is 0 Å². The molecule has 0 fully saturated rings. The smallest absolute Gasteiger partial charge is 0.341 e. The second-order valence-corrected chi connectivity index (χ2v) is 5.83. The van der Waals surface area contributed by atoms with Gasteiger partial charge in [-0.05, 0) is 24.3 Å². The SMILES string of the molecule is O=C1OC2(C=C(c3ccc(Cl)cc3Cl)NO2)c2ccccc21. The first-order chi connectivity index (χ1) is 10.6. The van der Waals surface area contributed by atoms with Crippen molar-refractivity contribution in [2.75, 3.05) is 0 Å². The molecule has 2 aromatic carbocycles. The zero-order valence-corrected chi connectivity index (χ0v) is 12.6. The molecular formula is C16H9Cl2NO3. The van der Waals surface area contributed by atoms with E-state index in [2.05, 4.69) is 5.48 Å². The molecule has 6 heteroatoms. The molecule has 110 valence electrons. The van der Waals surface area contributed by atoms with Crippen molar-refractivity contribution in [1.82, 2.24) is 5.48 Å². The van der Waals surface area contributed by atoms with Gasteiger partial charge in [0.25, 0.3) is 5.79 Å². The summed E-state index contributed by atoms with van der Waals surface area (Å²) < 4.78 is 5.43. The quantitative estimate of drug-likeness (QED) is 0.804. The Balaban J connectivity index is 1.81. The molecule has 1 spiro atoms. The van der Waals surface area contributed by atoms with Gasteiger partial charge in [0, 0.05) is 22.2 Å².